The lowest BCUT2D eigenvalue weighted by Crippen LogP contribution is -2.57. The van der Waals surface area contributed by atoms with E-state index in [0.29, 0.717) is 30.4 Å². The Morgan fingerprint density at radius 2 is 1.79 bits per heavy atom. The van der Waals surface area contributed by atoms with Crippen molar-refractivity contribution in [3.05, 3.63) is 29.8 Å². The SMILES string of the molecule is CC[C@H](C)[C@H](NC(=O)CCC(=O)O)C(=O)NCC(=O)N1c2ccccc2CC1N(C=O)C(C=O)CC(=O)O. The maximum Gasteiger partial charge on any atom is 0.305 e. The smallest absolute Gasteiger partial charge is 0.305 e. The Balaban J connectivity index is 2.22. The number of carboxylic acid groups (broad SMARTS) is 2. The van der Waals surface area contributed by atoms with Gasteiger partial charge >= 0.3 is 11.9 Å². The summed E-state index contributed by atoms with van der Waals surface area (Å²) in [5.41, 5.74) is 1.14. The topological polar surface area (TPSA) is 190 Å². The lowest BCUT2D eigenvalue weighted by Gasteiger charge is -2.35. The predicted octanol–water partition coefficient (Wildman–Crippen LogP) is -0.0857. The van der Waals surface area contributed by atoms with Crippen LogP contribution in [0.3, 0.4) is 0 Å². The number of hydrogen-bond donors (Lipinski definition) is 4. The summed E-state index contributed by atoms with van der Waals surface area (Å²) >= 11 is 0. The summed E-state index contributed by atoms with van der Waals surface area (Å²) in [6, 6.07) is 4.44. The van der Waals surface area contributed by atoms with Gasteiger partial charge in [0.05, 0.1) is 25.4 Å². The summed E-state index contributed by atoms with van der Waals surface area (Å²) in [5.74, 6) is -4.66. The molecule has 0 fully saturated rings. The van der Waals surface area contributed by atoms with Crippen LogP contribution in [0.4, 0.5) is 5.69 Å². The molecule has 0 bridgehead atoms. The highest BCUT2D eigenvalue weighted by atomic mass is 16.4. The molecule has 38 heavy (non-hydrogen) atoms. The number of benzene rings is 1. The van der Waals surface area contributed by atoms with Gasteiger partial charge in [0.2, 0.25) is 24.1 Å². The quantitative estimate of drug-likeness (QED) is 0.224. The van der Waals surface area contributed by atoms with Gasteiger partial charge in [0.15, 0.2) is 0 Å². The summed E-state index contributed by atoms with van der Waals surface area (Å²) < 4.78 is 0. The van der Waals surface area contributed by atoms with Gasteiger partial charge in [0, 0.05) is 18.5 Å². The van der Waals surface area contributed by atoms with E-state index in [1.807, 2.05) is 0 Å². The van der Waals surface area contributed by atoms with E-state index in [4.69, 9.17) is 10.2 Å². The molecule has 0 spiro atoms. The number of aliphatic carboxylic acids is 2. The van der Waals surface area contributed by atoms with Gasteiger partial charge in [0.25, 0.3) is 0 Å². The lowest BCUT2D eigenvalue weighted by atomic mass is 9.98. The van der Waals surface area contributed by atoms with Crippen molar-refractivity contribution in [3.63, 3.8) is 0 Å². The van der Waals surface area contributed by atoms with Gasteiger partial charge in [-0.05, 0) is 17.5 Å². The second-order valence-corrected chi connectivity index (χ2v) is 8.97. The van der Waals surface area contributed by atoms with E-state index in [-0.39, 0.29) is 18.8 Å². The van der Waals surface area contributed by atoms with E-state index in [0.717, 1.165) is 4.90 Å². The van der Waals surface area contributed by atoms with Crippen molar-refractivity contribution in [2.45, 2.75) is 64.2 Å². The molecule has 1 aliphatic heterocycles. The number of aldehydes is 1. The van der Waals surface area contributed by atoms with Crippen LogP contribution >= 0.6 is 0 Å². The Morgan fingerprint density at radius 3 is 2.37 bits per heavy atom. The molecule has 4 N–H and O–H groups in total. The van der Waals surface area contributed by atoms with Crippen molar-refractivity contribution in [2.75, 3.05) is 11.4 Å². The fraction of sp³-hybridized carbons (Fsp3) is 0.480. The van der Waals surface area contributed by atoms with Crippen molar-refractivity contribution in [1.82, 2.24) is 15.5 Å². The summed E-state index contributed by atoms with van der Waals surface area (Å²) in [6.07, 6.45) is -1.03. The lowest BCUT2D eigenvalue weighted by molar-refractivity contribution is -0.141. The summed E-state index contributed by atoms with van der Waals surface area (Å²) in [7, 11) is 0. The first-order chi connectivity index (χ1) is 18.0. The zero-order chi connectivity index (χ0) is 28.4. The van der Waals surface area contributed by atoms with E-state index in [1.165, 1.54) is 4.90 Å². The van der Waals surface area contributed by atoms with E-state index in [9.17, 15) is 33.6 Å². The number of nitrogens with zero attached hydrogens (tertiary/aromatic N) is 2. The van der Waals surface area contributed by atoms with Gasteiger partial charge in [-0.25, -0.2) is 0 Å². The number of carboxylic acids is 2. The molecule has 1 heterocycles. The Morgan fingerprint density at radius 1 is 1.11 bits per heavy atom. The number of hydrogen-bond acceptors (Lipinski definition) is 7. The van der Waals surface area contributed by atoms with Crippen molar-refractivity contribution in [1.29, 1.82) is 0 Å². The number of para-hydroxylation sites is 1. The van der Waals surface area contributed by atoms with Crippen LogP contribution in [0.5, 0.6) is 0 Å². The third kappa shape index (κ3) is 7.60. The van der Waals surface area contributed by atoms with Crippen molar-refractivity contribution < 1.29 is 43.8 Å². The largest absolute Gasteiger partial charge is 0.481 e. The van der Waals surface area contributed by atoms with Crippen LogP contribution in [0.2, 0.25) is 0 Å². The van der Waals surface area contributed by atoms with E-state index in [2.05, 4.69) is 10.6 Å². The minimum absolute atomic E-state index is 0.147. The standard InChI is InChI=1S/C25H32N4O9/c1-3-15(2)24(27-19(32)8-9-22(34)35)25(38)26-12-21(33)29-18-7-5-4-6-16(18)10-20(29)28(14-31)17(13-30)11-23(36)37/h4-7,13-15,17,20,24H,3,8-12H2,1-2H3,(H,26,38)(H,27,32)(H,34,35)(H,36,37)/t15-,17?,20?,24-/m0/s1. The maximum atomic E-state index is 13.3. The van der Waals surface area contributed by atoms with Gasteiger partial charge in [-0.2, -0.15) is 0 Å². The van der Waals surface area contributed by atoms with E-state index in [1.54, 1.807) is 38.1 Å². The van der Waals surface area contributed by atoms with Crippen molar-refractivity contribution in [3.8, 4) is 0 Å². The fourth-order valence-electron chi connectivity index (χ4n) is 4.20. The average molecular weight is 533 g/mol. The van der Waals surface area contributed by atoms with Gasteiger partial charge in [-0.1, -0.05) is 38.5 Å². The van der Waals surface area contributed by atoms with Crippen LogP contribution in [0.1, 0.15) is 45.1 Å². The van der Waals surface area contributed by atoms with Crippen molar-refractivity contribution in [2.24, 2.45) is 5.92 Å². The second kappa shape index (κ2) is 13.9. The molecule has 1 aromatic rings. The summed E-state index contributed by atoms with van der Waals surface area (Å²) in [6.45, 7) is 3.01. The fourth-order valence-corrected chi connectivity index (χ4v) is 4.20. The Kier molecular flexibility index (Phi) is 10.9. The van der Waals surface area contributed by atoms with Crippen LogP contribution in [0, 0.1) is 5.92 Å². The van der Waals surface area contributed by atoms with Crippen LogP contribution in [-0.2, 0) is 40.0 Å². The molecular formula is C25H32N4O9. The van der Waals surface area contributed by atoms with Crippen LogP contribution < -0.4 is 15.5 Å². The molecule has 1 aliphatic rings. The third-order valence-electron chi connectivity index (χ3n) is 6.40. The highest BCUT2D eigenvalue weighted by Gasteiger charge is 2.40. The molecule has 2 rings (SSSR count). The molecule has 1 aromatic carbocycles. The first-order valence-electron chi connectivity index (χ1n) is 12.1. The van der Waals surface area contributed by atoms with E-state index >= 15 is 0 Å². The number of fused-ring (bicyclic) bond motifs is 1. The zero-order valence-electron chi connectivity index (χ0n) is 21.2. The molecule has 2 unspecified atom stereocenters. The molecule has 0 saturated carbocycles. The Hall–Kier alpha value is -4.29. The molecule has 0 aliphatic carbocycles. The minimum Gasteiger partial charge on any atom is -0.481 e. The molecule has 206 valence electrons. The highest BCUT2D eigenvalue weighted by Crippen LogP contribution is 2.34. The van der Waals surface area contributed by atoms with Gasteiger partial charge in [-0.3, -0.25) is 33.7 Å². The number of nitrogens with one attached hydrogen (secondary N) is 2. The van der Waals surface area contributed by atoms with Gasteiger partial charge in [0.1, 0.15) is 18.5 Å². The monoisotopic (exact) mass is 532 g/mol. The number of carbonyl (C=O) groups excluding carboxylic acids is 5. The highest BCUT2D eigenvalue weighted by molar-refractivity contribution is 6.00. The predicted molar refractivity (Wildman–Crippen MR) is 133 cm³/mol. The van der Waals surface area contributed by atoms with Crippen LogP contribution in [-0.4, -0.2) is 82.3 Å². The molecular weight excluding hydrogens is 500 g/mol. The first kappa shape index (κ1) is 29.9. The minimum atomic E-state index is -1.31. The average Bonchev–Trinajstić information content (AvgIpc) is 3.27. The van der Waals surface area contributed by atoms with E-state index < -0.39 is 67.3 Å². The first-order valence-corrected chi connectivity index (χ1v) is 12.1. The van der Waals surface area contributed by atoms with Crippen LogP contribution in [0.15, 0.2) is 24.3 Å². The number of rotatable bonds is 15. The third-order valence-corrected chi connectivity index (χ3v) is 6.40. The maximum absolute atomic E-state index is 13.3. The number of amides is 4. The van der Waals surface area contributed by atoms with Crippen LogP contribution in [0.25, 0.3) is 0 Å². The summed E-state index contributed by atoms with van der Waals surface area (Å²) in [5, 5.41) is 22.9. The molecule has 13 nitrogen and oxygen atoms in total. The number of anilines is 1. The molecule has 4 atom stereocenters. The normalized spacial score (nSPS) is 16.4. The van der Waals surface area contributed by atoms with Gasteiger partial charge < -0.3 is 30.5 Å². The second-order valence-electron chi connectivity index (χ2n) is 8.97. The number of carbonyl (C=O) groups is 7. The molecule has 0 aromatic heterocycles. The molecule has 0 saturated heterocycles. The van der Waals surface area contributed by atoms with Gasteiger partial charge in [-0.15, -0.1) is 0 Å². The molecule has 4 amide bonds. The Bertz CT molecular complexity index is 1080. The zero-order valence-corrected chi connectivity index (χ0v) is 21.2. The van der Waals surface area contributed by atoms with Crippen molar-refractivity contribution >= 4 is 48.0 Å². The summed E-state index contributed by atoms with van der Waals surface area (Å²) in [4.78, 5) is 86.2. The molecule has 0 radical (unpaired) electrons. The Labute approximate surface area is 219 Å². The molecule has 13 heteroatoms.